The van der Waals surface area contributed by atoms with Gasteiger partial charge < -0.3 is 25.4 Å². The number of amides is 3. The van der Waals surface area contributed by atoms with Crippen molar-refractivity contribution in [3.8, 4) is 5.75 Å². The van der Waals surface area contributed by atoms with Crippen LogP contribution in [0.5, 0.6) is 5.75 Å². The fourth-order valence-corrected chi connectivity index (χ4v) is 3.92. The van der Waals surface area contributed by atoms with Crippen LogP contribution in [-0.4, -0.2) is 51.6 Å². The molecule has 1 rings (SSSR count). The molecule has 0 aliphatic heterocycles. The predicted molar refractivity (Wildman–Crippen MR) is 143 cm³/mol. The van der Waals surface area contributed by atoms with Gasteiger partial charge in [-0.25, -0.2) is 4.79 Å². The largest absolute Gasteiger partial charge is 0.508 e. The van der Waals surface area contributed by atoms with Crippen LogP contribution in [0.1, 0.15) is 93.7 Å². The van der Waals surface area contributed by atoms with Crippen molar-refractivity contribution in [2.75, 3.05) is 0 Å². The van der Waals surface area contributed by atoms with Crippen LogP contribution in [0.25, 0.3) is 0 Å². The van der Waals surface area contributed by atoms with E-state index in [1.165, 1.54) is 11.0 Å². The average molecular weight is 506 g/mol. The summed E-state index contributed by atoms with van der Waals surface area (Å²) in [5.41, 5.74) is -0.394. The second kappa shape index (κ2) is 13.5. The van der Waals surface area contributed by atoms with Gasteiger partial charge in [-0.3, -0.25) is 9.59 Å². The van der Waals surface area contributed by atoms with Crippen molar-refractivity contribution in [3.05, 3.63) is 29.8 Å². The van der Waals surface area contributed by atoms with Crippen molar-refractivity contribution in [1.29, 1.82) is 0 Å². The molecule has 0 saturated heterocycles. The minimum atomic E-state index is -1.08. The molecule has 0 aromatic heterocycles. The normalized spacial score (nSPS) is 14.4. The molecule has 8 nitrogen and oxygen atoms in total. The quantitative estimate of drug-likeness (QED) is 0.385. The van der Waals surface area contributed by atoms with Gasteiger partial charge in [0.2, 0.25) is 11.8 Å². The number of benzene rings is 1. The van der Waals surface area contributed by atoms with Gasteiger partial charge in [0.15, 0.2) is 0 Å². The second-order valence-electron chi connectivity index (χ2n) is 11.6. The number of phenols is 1. The number of phenolic OH excluding ortho intramolecular Hbond substituents is 1. The van der Waals surface area contributed by atoms with E-state index in [9.17, 15) is 19.5 Å². The summed E-state index contributed by atoms with van der Waals surface area (Å²) >= 11 is 0. The molecule has 3 atom stereocenters. The molecular formula is C28H47N3O5. The molecule has 0 radical (unpaired) electrons. The van der Waals surface area contributed by atoms with Crippen molar-refractivity contribution in [2.24, 2.45) is 11.8 Å². The fraction of sp³-hybridized carbons (Fsp3) is 0.679. The number of aromatic hydroxyl groups is 1. The third-order valence-corrected chi connectivity index (χ3v) is 5.68. The van der Waals surface area contributed by atoms with Gasteiger partial charge in [-0.2, -0.15) is 0 Å². The first-order valence-corrected chi connectivity index (χ1v) is 12.9. The standard InChI is InChI=1S/C28H47N3O5/c1-17(2)15-16-20(7)31(26(34)23(18(3)4)30-27(35)36-28(8,9)10)24(25(33)29-19(5)6)21-13-11-12-14-22(21)32/h11-14,17-20,23-24,32H,15-16H2,1-10H3,(H,29,33)(H,30,35). The van der Waals surface area contributed by atoms with Crippen LogP contribution in [0, 0.1) is 11.8 Å². The third-order valence-electron chi connectivity index (χ3n) is 5.68. The maximum absolute atomic E-state index is 14.2. The summed E-state index contributed by atoms with van der Waals surface area (Å²) in [7, 11) is 0. The maximum Gasteiger partial charge on any atom is 0.408 e. The molecule has 0 fully saturated rings. The molecule has 8 heteroatoms. The lowest BCUT2D eigenvalue weighted by Crippen LogP contribution is -2.57. The molecular weight excluding hydrogens is 458 g/mol. The van der Waals surface area contributed by atoms with Gasteiger partial charge in [0.1, 0.15) is 23.4 Å². The number of rotatable bonds is 11. The summed E-state index contributed by atoms with van der Waals surface area (Å²) in [6.45, 7) is 18.7. The van der Waals surface area contributed by atoms with Crippen LogP contribution < -0.4 is 10.6 Å². The van der Waals surface area contributed by atoms with Gasteiger partial charge in [0.05, 0.1) is 0 Å². The summed E-state index contributed by atoms with van der Waals surface area (Å²) in [4.78, 5) is 41.9. The summed E-state index contributed by atoms with van der Waals surface area (Å²) < 4.78 is 5.41. The number of nitrogens with zero attached hydrogens (tertiary/aromatic N) is 1. The topological polar surface area (TPSA) is 108 Å². The lowest BCUT2D eigenvalue weighted by atomic mass is 9.94. The van der Waals surface area contributed by atoms with Crippen LogP contribution in [0.2, 0.25) is 0 Å². The minimum Gasteiger partial charge on any atom is -0.508 e. The predicted octanol–water partition coefficient (Wildman–Crippen LogP) is 5.16. The molecule has 0 spiro atoms. The van der Waals surface area contributed by atoms with Gasteiger partial charge in [0.25, 0.3) is 0 Å². The van der Waals surface area contributed by atoms with Crippen LogP contribution in [0.3, 0.4) is 0 Å². The monoisotopic (exact) mass is 505 g/mol. The van der Waals surface area contributed by atoms with E-state index >= 15 is 0 Å². The Bertz CT molecular complexity index is 876. The van der Waals surface area contributed by atoms with E-state index in [4.69, 9.17) is 4.74 Å². The number of carbonyl (C=O) groups excluding carboxylic acids is 3. The second-order valence-corrected chi connectivity index (χ2v) is 11.6. The van der Waals surface area contributed by atoms with Gasteiger partial charge in [-0.05, 0) is 72.3 Å². The summed E-state index contributed by atoms with van der Waals surface area (Å²) in [5.74, 6) is -0.743. The number of ether oxygens (including phenoxy) is 1. The molecule has 3 unspecified atom stereocenters. The van der Waals surface area contributed by atoms with Crippen molar-refractivity contribution in [1.82, 2.24) is 15.5 Å². The number of para-hydroxylation sites is 1. The Kier molecular flexibility index (Phi) is 11.7. The smallest absolute Gasteiger partial charge is 0.408 e. The average Bonchev–Trinajstić information content (AvgIpc) is 2.72. The first-order valence-electron chi connectivity index (χ1n) is 12.9. The van der Waals surface area contributed by atoms with E-state index in [2.05, 4.69) is 24.5 Å². The molecule has 0 heterocycles. The fourth-order valence-electron chi connectivity index (χ4n) is 3.92. The van der Waals surface area contributed by atoms with E-state index in [0.717, 1.165) is 6.42 Å². The van der Waals surface area contributed by atoms with Gasteiger partial charge in [-0.1, -0.05) is 45.9 Å². The summed E-state index contributed by atoms with van der Waals surface area (Å²) in [6.07, 6.45) is 0.797. The van der Waals surface area contributed by atoms with Gasteiger partial charge in [-0.15, -0.1) is 0 Å². The Morgan fingerprint density at radius 2 is 1.53 bits per heavy atom. The van der Waals surface area contributed by atoms with Gasteiger partial charge >= 0.3 is 6.09 Å². The SMILES string of the molecule is CC(C)CCC(C)N(C(=O)C(NC(=O)OC(C)(C)C)C(C)C)C(C(=O)NC(C)C)c1ccccc1O. The van der Waals surface area contributed by atoms with E-state index in [1.807, 2.05) is 34.6 Å². The zero-order chi connectivity index (χ0) is 27.8. The minimum absolute atomic E-state index is 0.0727. The van der Waals surface area contributed by atoms with E-state index in [1.54, 1.807) is 39.0 Å². The maximum atomic E-state index is 14.2. The molecule has 3 N–H and O–H groups in total. The molecule has 0 aliphatic carbocycles. The van der Waals surface area contributed by atoms with Crippen molar-refractivity contribution >= 4 is 17.9 Å². The van der Waals surface area contributed by atoms with E-state index < -0.39 is 35.6 Å². The number of carbonyl (C=O) groups is 3. The Balaban J connectivity index is 3.60. The highest BCUT2D eigenvalue weighted by molar-refractivity contribution is 5.93. The van der Waals surface area contributed by atoms with Crippen LogP contribution in [0.15, 0.2) is 24.3 Å². The Morgan fingerprint density at radius 3 is 2.00 bits per heavy atom. The van der Waals surface area contributed by atoms with Crippen molar-refractivity contribution < 1.29 is 24.2 Å². The van der Waals surface area contributed by atoms with E-state index in [-0.39, 0.29) is 23.8 Å². The Labute approximate surface area is 217 Å². The zero-order valence-electron chi connectivity index (χ0n) is 23.7. The molecule has 204 valence electrons. The molecule has 36 heavy (non-hydrogen) atoms. The van der Waals surface area contributed by atoms with E-state index in [0.29, 0.717) is 17.9 Å². The highest BCUT2D eigenvalue weighted by atomic mass is 16.6. The highest BCUT2D eigenvalue weighted by Crippen LogP contribution is 2.33. The highest BCUT2D eigenvalue weighted by Gasteiger charge is 2.40. The molecule has 0 saturated carbocycles. The number of nitrogens with one attached hydrogen (secondary N) is 2. The van der Waals surface area contributed by atoms with Crippen molar-refractivity contribution in [2.45, 2.75) is 112 Å². The lowest BCUT2D eigenvalue weighted by molar-refractivity contribution is -0.146. The molecule has 1 aromatic rings. The molecule has 3 amide bonds. The van der Waals surface area contributed by atoms with Crippen LogP contribution in [-0.2, 0) is 14.3 Å². The Morgan fingerprint density at radius 1 is 0.944 bits per heavy atom. The Hall–Kier alpha value is -2.77. The summed E-state index contributed by atoms with van der Waals surface area (Å²) in [6, 6.07) is 4.04. The number of hydrogen-bond donors (Lipinski definition) is 3. The molecule has 1 aromatic carbocycles. The van der Waals surface area contributed by atoms with Crippen LogP contribution in [0.4, 0.5) is 4.79 Å². The third kappa shape index (κ3) is 9.70. The number of hydrogen-bond acceptors (Lipinski definition) is 5. The number of alkyl carbamates (subject to hydrolysis) is 1. The zero-order valence-corrected chi connectivity index (χ0v) is 23.7. The van der Waals surface area contributed by atoms with Crippen molar-refractivity contribution in [3.63, 3.8) is 0 Å². The first kappa shape index (κ1) is 31.3. The summed E-state index contributed by atoms with van der Waals surface area (Å²) in [5, 5.41) is 16.3. The first-order chi connectivity index (χ1) is 16.5. The molecule has 0 aliphatic rings. The molecule has 0 bridgehead atoms. The van der Waals surface area contributed by atoms with Gasteiger partial charge in [0, 0.05) is 17.6 Å². The van der Waals surface area contributed by atoms with Crippen LogP contribution >= 0.6 is 0 Å². The lowest BCUT2D eigenvalue weighted by Gasteiger charge is -2.40.